The van der Waals surface area contributed by atoms with E-state index in [9.17, 15) is 0 Å². The first-order valence-electron chi connectivity index (χ1n) is 7.95. The van der Waals surface area contributed by atoms with E-state index in [-0.39, 0.29) is 0 Å². The molecule has 0 saturated heterocycles. The molecule has 0 bridgehead atoms. The molecule has 2 nitrogen and oxygen atoms in total. The summed E-state index contributed by atoms with van der Waals surface area (Å²) in [5.41, 5.74) is 7.86. The molecule has 106 valence electrons. The van der Waals surface area contributed by atoms with Gasteiger partial charge in [-0.25, -0.2) is 4.98 Å². The maximum atomic E-state index is 5.88. The highest BCUT2D eigenvalue weighted by Gasteiger charge is 2.33. The number of thiazole rings is 1. The van der Waals surface area contributed by atoms with Crippen molar-refractivity contribution in [2.75, 3.05) is 5.73 Å². The smallest absolute Gasteiger partial charge is 0.0969 e. The maximum absolute atomic E-state index is 5.88. The fourth-order valence-electron chi connectivity index (χ4n) is 4.23. The fourth-order valence-corrected chi connectivity index (χ4v) is 5.39. The number of hydrogen-bond donors (Lipinski definition) is 1. The van der Waals surface area contributed by atoms with Gasteiger partial charge in [-0.2, -0.15) is 0 Å². The molecule has 3 atom stereocenters. The van der Waals surface area contributed by atoms with Crippen molar-refractivity contribution in [3.63, 3.8) is 0 Å². The molecule has 3 heteroatoms. The van der Waals surface area contributed by atoms with Gasteiger partial charge in [0, 0.05) is 11.6 Å². The maximum Gasteiger partial charge on any atom is 0.0969 e. The molecule has 2 aromatic rings. The number of fused-ring (bicyclic) bond motifs is 2. The van der Waals surface area contributed by atoms with Crippen LogP contribution in [0.4, 0.5) is 5.69 Å². The second kappa shape index (κ2) is 5.03. The first-order valence-corrected chi connectivity index (χ1v) is 8.77. The summed E-state index contributed by atoms with van der Waals surface area (Å²) in [5, 5.41) is 1.36. The van der Waals surface area contributed by atoms with E-state index >= 15 is 0 Å². The summed E-state index contributed by atoms with van der Waals surface area (Å²) >= 11 is 1.87. The van der Waals surface area contributed by atoms with Gasteiger partial charge in [0.15, 0.2) is 0 Å². The Hall–Kier alpha value is -1.09. The Morgan fingerprint density at radius 3 is 2.80 bits per heavy atom. The molecule has 0 spiro atoms. The van der Waals surface area contributed by atoms with Crippen molar-refractivity contribution in [2.24, 2.45) is 11.8 Å². The third-order valence-electron chi connectivity index (χ3n) is 5.32. The molecule has 2 N–H and O–H groups in total. The Kier molecular flexibility index (Phi) is 3.18. The SMILES string of the molecule is Nc1ccc2nc(C3CCC4CCCCC4C3)sc2c1. The molecule has 2 aliphatic rings. The summed E-state index contributed by atoms with van der Waals surface area (Å²) < 4.78 is 1.26. The molecular weight excluding hydrogens is 264 g/mol. The lowest BCUT2D eigenvalue weighted by Gasteiger charge is -2.38. The van der Waals surface area contributed by atoms with Crippen LogP contribution in [0, 0.1) is 11.8 Å². The number of nitrogens with two attached hydrogens (primary N) is 1. The fraction of sp³-hybridized carbons (Fsp3) is 0.588. The summed E-state index contributed by atoms with van der Waals surface area (Å²) in [6.45, 7) is 0. The molecule has 3 unspecified atom stereocenters. The van der Waals surface area contributed by atoms with Gasteiger partial charge in [-0.3, -0.25) is 0 Å². The van der Waals surface area contributed by atoms with E-state index in [2.05, 4.69) is 12.1 Å². The van der Waals surface area contributed by atoms with Crippen LogP contribution in [0.15, 0.2) is 18.2 Å². The first kappa shape index (κ1) is 12.6. The number of aromatic nitrogens is 1. The average Bonchev–Trinajstić information content (AvgIpc) is 2.89. The molecule has 1 aromatic carbocycles. The van der Waals surface area contributed by atoms with Crippen molar-refractivity contribution in [3.8, 4) is 0 Å². The van der Waals surface area contributed by atoms with Crippen LogP contribution in [-0.4, -0.2) is 4.98 Å². The lowest BCUT2D eigenvalue weighted by Crippen LogP contribution is -2.26. The predicted molar refractivity (Wildman–Crippen MR) is 86.1 cm³/mol. The van der Waals surface area contributed by atoms with Gasteiger partial charge < -0.3 is 5.73 Å². The predicted octanol–water partition coefficient (Wildman–Crippen LogP) is 4.95. The average molecular weight is 286 g/mol. The Labute approximate surface area is 124 Å². The third-order valence-corrected chi connectivity index (χ3v) is 6.50. The summed E-state index contributed by atoms with van der Waals surface area (Å²) in [6.07, 6.45) is 9.99. The van der Waals surface area contributed by atoms with Gasteiger partial charge in [0.25, 0.3) is 0 Å². The highest BCUT2D eigenvalue weighted by molar-refractivity contribution is 7.18. The van der Waals surface area contributed by atoms with Crippen LogP contribution in [0.1, 0.15) is 55.9 Å². The largest absolute Gasteiger partial charge is 0.399 e. The van der Waals surface area contributed by atoms with Crippen LogP contribution in [0.3, 0.4) is 0 Å². The summed E-state index contributed by atoms with van der Waals surface area (Å²) in [5.74, 6) is 2.69. The number of rotatable bonds is 1. The second-order valence-corrected chi connectivity index (χ2v) is 7.66. The molecule has 0 aliphatic heterocycles. The molecule has 1 heterocycles. The molecule has 2 aliphatic carbocycles. The summed E-state index contributed by atoms with van der Waals surface area (Å²) in [6, 6.07) is 6.10. The van der Waals surface area contributed by atoms with Crippen LogP contribution >= 0.6 is 11.3 Å². The van der Waals surface area contributed by atoms with E-state index in [0.717, 1.165) is 23.0 Å². The standard InChI is InChI=1S/C17H22N2S/c18-14-7-8-15-16(10-14)20-17(19-15)13-6-5-11-3-1-2-4-12(11)9-13/h7-8,10-13H,1-6,9,18H2. The number of benzene rings is 1. The molecule has 0 radical (unpaired) electrons. The van der Waals surface area contributed by atoms with Gasteiger partial charge in [0.05, 0.1) is 15.2 Å². The van der Waals surface area contributed by atoms with Gasteiger partial charge in [-0.1, -0.05) is 25.7 Å². The molecule has 1 aromatic heterocycles. The van der Waals surface area contributed by atoms with Crippen LogP contribution in [0.25, 0.3) is 10.2 Å². The van der Waals surface area contributed by atoms with Crippen molar-refractivity contribution in [1.29, 1.82) is 0 Å². The Balaban J connectivity index is 1.59. The van der Waals surface area contributed by atoms with Crippen molar-refractivity contribution >= 4 is 27.2 Å². The van der Waals surface area contributed by atoms with Gasteiger partial charge in [0.2, 0.25) is 0 Å². The monoisotopic (exact) mass is 286 g/mol. The van der Waals surface area contributed by atoms with E-state index in [1.54, 1.807) is 0 Å². The van der Waals surface area contributed by atoms with E-state index < -0.39 is 0 Å². The zero-order valence-electron chi connectivity index (χ0n) is 11.8. The van der Waals surface area contributed by atoms with Crippen molar-refractivity contribution < 1.29 is 0 Å². The van der Waals surface area contributed by atoms with Crippen LogP contribution in [0.2, 0.25) is 0 Å². The van der Waals surface area contributed by atoms with Gasteiger partial charge in [-0.05, 0) is 49.3 Å². The zero-order chi connectivity index (χ0) is 13.5. The number of hydrogen-bond acceptors (Lipinski definition) is 3. The quantitative estimate of drug-likeness (QED) is 0.753. The number of nitrogen functional groups attached to an aromatic ring is 1. The minimum Gasteiger partial charge on any atom is -0.399 e. The normalized spacial score (nSPS) is 30.3. The lowest BCUT2D eigenvalue weighted by molar-refractivity contribution is 0.155. The first-order chi connectivity index (χ1) is 9.79. The minimum absolute atomic E-state index is 0.702. The molecule has 20 heavy (non-hydrogen) atoms. The molecule has 4 rings (SSSR count). The highest BCUT2D eigenvalue weighted by Crippen LogP contribution is 2.47. The van der Waals surface area contributed by atoms with Gasteiger partial charge >= 0.3 is 0 Å². The topological polar surface area (TPSA) is 38.9 Å². The van der Waals surface area contributed by atoms with E-state index in [4.69, 9.17) is 10.7 Å². The minimum atomic E-state index is 0.702. The van der Waals surface area contributed by atoms with Crippen LogP contribution in [-0.2, 0) is 0 Å². The number of nitrogens with zero attached hydrogens (tertiary/aromatic N) is 1. The van der Waals surface area contributed by atoms with Gasteiger partial charge in [-0.15, -0.1) is 11.3 Å². The molecular formula is C17H22N2S. The molecule has 2 fully saturated rings. The zero-order valence-corrected chi connectivity index (χ0v) is 12.7. The molecule has 2 saturated carbocycles. The highest BCUT2D eigenvalue weighted by atomic mass is 32.1. The second-order valence-electron chi connectivity index (χ2n) is 6.59. The Morgan fingerprint density at radius 1 is 1.05 bits per heavy atom. The Bertz CT molecular complexity index is 618. The van der Waals surface area contributed by atoms with Gasteiger partial charge in [0.1, 0.15) is 0 Å². The summed E-state index contributed by atoms with van der Waals surface area (Å²) in [4.78, 5) is 4.88. The third kappa shape index (κ3) is 2.22. The van der Waals surface area contributed by atoms with Crippen LogP contribution in [0.5, 0.6) is 0 Å². The molecule has 0 amide bonds. The van der Waals surface area contributed by atoms with Crippen molar-refractivity contribution in [2.45, 2.75) is 50.9 Å². The lowest BCUT2D eigenvalue weighted by atomic mass is 9.68. The summed E-state index contributed by atoms with van der Waals surface area (Å²) in [7, 11) is 0. The Morgan fingerprint density at radius 2 is 1.90 bits per heavy atom. The number of anilines is 1. The van der Waals surface area contributed by atoms with E-state index in [1.807, 2.05) is 17.4 Å². The van der Waals surface area contributed by atoms with Crippen molar-refractivity contribution in [3.05, 3.63) is 23.2 Å². The van der Waals surface area contributed by atoms with E-state index in [1.165, 1.54) is 54.7 Å². The van der Waals surface area contributed by atoms with Crippen molar-refractivity contribution in [1.82, 2.24) is 4.98 Å². The van der Waals surface area contributed by atoms with E-state index in [0.29, 0.717) is 5.92 Å². The van der Waals surface area contributed by atoms with Crippen LogP contribution < -0.4 is 5.73 Å².